The van der Waals surface area contributed by atoms with Gasteiger partial charge in [-0.05, 0) is 47.9 Å². The summed E-state index contributed by atoms with van der Waals surface area (Å²) in [5.74, 6) is 1.03. The number of hydrogen-bond acceptors (Lipinski definition) is 4. The highest BCUT2D eigenvalue weighted by Crippen LogP contribution is 2.28. The van der Waals surface area contributed by atoms with Crippen molar-refractivity contribution < 1.29 is 14.3 Å². The molecule has 2 aromatic carbocycles. The average Bonchev–Trinajstić information content (AvgIpc) is 3.18. The van der Waals surface area contributed by atoms with Crippen LogP contribution >= 0.6 is 0 Å². The Morgan fingerprint density at radius 2 is 1.72 bits per heavy atom. The predicted octanol–water partition coefficient (Wildman–Crippen LogP) is 3.12. The molecule has 4 rings (SSSR count). The minimum Gasteiger partial charge on any atom is -0.497 e. The topological polar surface area (TPSA) is 60.8 Å². The zero-order valence-electron chi connectivity index (χ0n) is 16.4. The van der Waals surface area contributed by atoms with Gasteiger partial charge in [-0.1, -0.05) is 18.2 Å². The van der Waals surface area contributed by atoms with Gasteiger partial charge in [0, 0.05) is 24.5 Å². The van der Waals surface area contributed by atoms with Gasteiger partial charge >= 0.3 is 0 Å². The summed E-state index contributed by atoms with van der Waals surface area (Å²) in [6.45, 7) is 0.893. The van der Waals surface area contributed by atoms with Crippen molar-refractivity contribution in [2.24, 2.45) is 0 Å². The van der Waals surface area contributed by atoms with Crippen molar-refractivity contribution in [1.29, 1.82) is 0 Å². The van der Waals surface area contributed by atoms with Crippen molar-refractivity contribution in [3.05, 3.63) is 87.8 Å². The number of ether oxygens (including phenoxy) is 2. The fourth-order valence-corrected chi connectivity index (χ4v) is 3.67. The highest BCUT2D eigenvalue weighted by molar-refractivity contribution is 6.07. The number of para-hydroxylation sites is 1. The molecule has 148 valence electrons. The minimum atomic E-state index is -0.316. The summed E-state index contributed by atoms with van der Waals surface area (Å²) < 4.78 is 12.1. The normalized spacial score (nSPS) is 12.6. The second-order valence-corrected chi connectivity index (χ2v) is 6.91. The molecule has 6 heteroatoms. The zero-order chi connectivity index (χ0) is 20.4. The number of nitrogens with zero attached hydrogens (tertiary/aromatic N) is 2. The van der Waals surface area contributed by atoms with Crippen LogP contribution in [0.4, 0.5) is 5.69 Å². The molecule has 2 heterocycles. The van der Waals surface area contributed by atoms with Crippen molar-refractivity contribution >= 4 is 11.6 Å². The van der Waals surface area contributed by atoms with Gasteiger partial charge < -0.3 is 18.9 Å². The third kappa shape index (κ3) is 3.61. The molecule has 0 fully saturated rings. The summed E-state index contributed by atoms with van der Waals surface area (Å²) in [6.07, 6.45) is 2.48. The van der Waals surface area contributed by atoms with E-state index >= 15 is 0 Å². The molecular formula is C23H22N2O4. The third-order valence-corrected chi connectivity index (χ3v) is 5.15. The summed E-state index contributed by atoms with van der Waals surface area (Å²) in [7, 11) is 3.16. The standard InChI is InChI=1S/C23H22N2O4/c1-28-18-12-16(13-19(14-18)29-2)15-24-10-5-7-20(22(24)26)23(27)25-11-9-17-6-3-4-8-21(17)25/h3-8,10,12-14H,9,11,15H2,1-2H3. The van der Waals surface area contributed by atoms with Gasteiger partial charge in [0.25, 0.3) is 11.5 Å². The van der Waals surface area contributed by atoms with Gasteiger partial charge in [-0.15, -0.1) is 0 Å². The van der Waals surface area contributed by atoms with Crippen LogP contribution in [0.5, 0.6) is 11.5 Å². The van der Waals surface area contributed by atoms with Gasteiger partial charge in [0.2, 0.25) is 0 Å². The molecule has 1 amide bonds. The molecule has 1 aliphatic heterocycles. The van der Waals surface area contributed by atoms with Gasteiger partial charge in [-0.25, -0.2) is 0 Å². The largest absolute Gasteiger partial charge is 0.497 e. The van der Waals surface area contributed by atoms with E-state index in [1.54, 1.807) is 43.5 Å². The number of amides is 1. The number of benzene rings is 2. The SMILES string of the molecule is COc1cc(Cn2cccc(C(=O)N3CCc4ccccc43)c2=O)cc(OC)c1. The van der Waals surface area contributed by atoms with Crippen LogP contribution in [-0.4, -0.2) is 31.2 Å². The number of hydrogen-bond donors (Lipinski definition) is 0. The Bertz CT molecular complexity index is 1100. The smallest absolute Gasteiger partial charge is 0.263 e. The van der Waals surface area contributed by atoms with Crippen molar-refractivity contribution in [1.82, 2.24) is 4.57 Å². The monoisotopic (exact) mass is 390 g/mol. The number of pyridine rings is 1. The van der Waals surface area contributed by atoms with Crippen molar-refractivity contribution in [3.8, 4) is 11.5 Å². The van der Waals surface area contributed by atoms with Crippen LogP contribution in [0.25, 0.3) is 0 Å². The summed E-state index contributed by atoms with van der Waals surface area (Å²) in [5, 5.41) is 0. The second-order valence-electron chi connectivity index (χ2n) is 6.91. The highest BCUT2D eigenvalue weighted by atomic mass is 16.5. The van der Waals surface area contributed by atoms with Crippen molar-refractivity contribution in [2.45, 2.75) is 13.0 Å². The van der Waals surface area contributed by atoms with E-state index in [0.717, 1.165) is 23.2 Å². The molecule has 0 N–H and O–H groups in total. The first kappa shape index (κ1) is 18.8. The minimum absolute atomic E-state index is 0.166. The Hall–Kier alpha value is -3.54. The number of fused-ring (bicyclic) bond motifs is 1. The molecule has 0 atom stereocenters. The lowest BCUT2D eigenvalue weighted by Crippen LogP contribution is -2.35. The van der Waals surface area contributed by atoms with Gasteiger partial charge in [0.05, 0.1) is 20.8 Å². The van der Waals surface area contributed by atoms with Gasteiger partial charge in [-0.3, -0.25) is 9.59 Å². The lowest BCUT2D eigenvalue weighted by Gasteiger charge is -2.18. The van der Waals surface area contributed by atoms with E-state index in [9.17, 15) is 9.59 Å². The predicted molar refractivity (Wildman–Crippen MR) is 111 cm³/mol. The molecule has 0 radical (unpaired) electrons. The maximum atomic E-state index is 13.1. The maximum Gasteiger partial charge on any atom is 0.263 e. The fraction of sp³-hybridized carbons (Fsp3) is 0.217. The second kappa shape index (κ2) is 7.83. The van der Waals surface area contributed by atoms with Crippen LogP contribution in [0.1, 0.15) is 21.5 Å². The molecular weight excluding hydrogens is 368 g/mol. The summed E-state index contributed by atoms with van der Waals surface area (Å²) >= 11 is 0. The van der Waals surface area contributed by atoms with Crippen LogP contribution in [0.15, 0.2) is 65.6 Å². The fourth-order valence-electron chi connectivity index (χ4n) is 3.67. The first-order valence-corrected chi connectivity index (χ1v) is 9.42. The summed E-state index contributed by atoms with van der Waals surface area (Å²) in [5.41, 5.74) is 2.70. The molecule has 1 aliphatic rings. The third-order valence-electron chi connectivity index (χ3n) is 5.15. The molecule has 3 aromatic rings. The Morgan fingerprint density at radius 1 is 1.00 bits per heavy atom. The van der Waals surface area contributed by atoms with Gasteiger partial charge in [-0.2, -0.15) is 0 Å². The molecule has 0 bridgehead atoms. The van der Waals surface area contributed by atoms with E-state index in [1.807, 2.05) is 36.4 Å². The van der Waals surface area contributed by atoms with Crippen molar-refractivity contribution in [3.63, 3.8) is 0 Å². The van der Waals surface area contributed by atoms with Crippen LogP contribution in [-0.2, 0) is 13.0 Å². The molecule has 6 nitrogen and oxygen atoms in total. The molecule has 29 heavy (non-hydrogen) atoms. The lowest BCUT2D eigenvalue weighted by molar-refractivity contribution is 0.0987. The average molecular weight is 390 g/mol. The molecule has 1 aromatic heterocycles. The first-order chi connectivity index (χ1) is 14.1. The Labute approximate surface area is 168 Å². The van der Waals surface area contributed by atoms with Crippen LogP contribution in [0, 0.1) is 0 Å². The number of aromatic nitrogens is 1. The van der Waals surface area contributed by atoms with E-state index in [1.165, 1.54) is 4.57 Å². The van der Waals surface area contributed by atoms with E-state index in [4.69, 9.17) is 9.47 Å². The first-order valence-electron chi connectivity index (χ1n) is 9.42. The van der Waals surface area contributed by atoms with Crippen LogP contribution in [0.3, 0.4) is 0 Å². The van der Waals surface area contributed by atoms with Crippen molar-refractivity contribution in [2.75, 3.05) is 25.7 Å². The number of anilines is 1. The Morgan fingerprint density at radius 3 is 2.45 bits per heavy atom. The van der Waals surface area contributed by atoms with E-state index in [0.29, 0.717) is 24.6 Å². The molecule has 0 unspecified atom stereocenters. The number of rotatable bonds is 5. The maximum absolute atomic E-state index is 13.1. The number of carbonyl (C=O) groups is 1. The van der Waals surface area contributed by atoms with Gasteiger partial charge in [0.1, 0.15) is 17.1 Å². The Balaban J connectivity index is 1.65. The van der Waals surface area contributed by atoms with Crippen LogP contribution < -0.4 is 19.9 Å². The summed E-state index contributed by atoms with van der Waals surface area (Å²) in [6, 6.07) is 16.6. The molecule has 0 saturated carbocycles. The number of carbonyl (C=O) groups excluding carboxylic acids is 1. The Kier molecular flexibility index (Phi) is 5.08. The van der Waals surface area contributed by atoms with Gasteiger partial charge in [0.15, 0.2) is 0 Å². The molecule has 0 aliphatic carbocycles. The quantitative estimate of drug-likeness (QED) is 0.672. The highest BCUT2D eigenvalue weighted by Gasteiger charge is 2.27. The molecule has 0 saturated heterocycles. The van der Waals surface area contributed by atoms with E-state index < -0.39 is 0 Å². The van der Waals surface area contributed by atoms with E-state index in [-0.39, 0.29) is 17.0 Å². The number of methoxy groups -OCH3 is 2. The zero-order valence-corrected chi connectivity index (χ0v) is 16.4. The molecule has 0 spiro atoms. The summed E-state index contributed by atoms with van der Waals surface area (Å²) in [4.78, 5) is 27.8. The van der Waals surface area contributed by atoms with E-state index in [2.05, 4.69) is 0 Å². The van der Waals surface area contributed by atoms with Crippen LogP contribution in [0.2, 0.25) is 0 Å². The lowest BCUT2D eigenvalue weighted by atomic mass is 10.1.